The molecule has 0 aromatic heterocycles. The maximum Gasteiger partial charge on any atom is 0.320 e. The second-order valence-electron chi connectivity index (χ2n) is 7.55. The number of amides is 3. The van der Waals surface area contributed by atoms with Crippen molar-refractivity contribution in [1.29, 1.82) is 0 Å². The van der Waals surface area contributed by atoms with E-state index in [2.05, 4.69) is 16.0 Å². The Kier molecular flexibility index (Phi) is 15.4. The first-order chi connectivity index (χ1) is 14.6. The van der Waals surface area contributed by atoms with Crippen molar-refractivity contribution in [1.82, 2.24) is 16.0 Å². The molecule has 0 spiro atoms. The lowest BCUT2D eigenvalue weighted by atomic mass is 10.1. The Balaban J connectivity index is 4.11. The molecule has 6 N–H and O–H groups in total. The van der Waals surface area contributed by atoms with Crippen LogP contribution in [0.15, 0.2) is 0 Å². The third-order valence-electron chi connectivity index (χ3n) is 4.43. The summed E-state index contributed by atoms with van der Waals surface area (Å²) in [5.41, 5.74) is 5.34. The number of nitrogens with one attached hydrogen (secondary N) is 3. The Hall–Kier alpha value is -2.14. The minimum absolute atomic E-state index is 0.000638. The fourth-order valence-electron chi connectivity index (χ4n) is 2.79. The van der Waals surface area contributed by atoms with Crippen molar-refractivity contribution in [2.75, 3.05) is 12.8 Å². The molecule has 0 aliphatic heterocycles. The van der Waals surface area contributed by atoms with Gasteiger partial charge in [0.1, 0.15) is 12.1 Å². The van der Waals surface area contributed by atoms with Crippen molar-refractivity contribution in [2.45, 2.75) is 83.3 Å². The van der Waals surface area contributed by atoms with Crippen LogP contribution in [-0.4, -0.2) is 64.8 Å². The van der Waals surface area contributed by atoms with Crippen LogP contribution < -0.4 is 21.7 Å². The van der Waals surface area contributed by atoms with Gasteiger partial charge < -0.3 is 26.8 Å². The van der Waals surface area contributed by atoms with Gasteiger partial charge in [0.15, 0.2) is 5.12 Å². The number of rotatable bonds is 17. The van der Waals surface area contributed by atoms with Crippen molar-refractivity contribution in [3.05, 3.63) is 0 Å². The third-order valence-corrected chi connectivity index (χ3v) is 5.08. The molecule has 0 saturated carbocycles. The van der Waals surface area contributed by atoms with Crippen LogP contribution in [0.4, 0.5) is 0 Å². The minimum Gasteiger partial charge on any atom is -0.480 e. The van der Waals surface area contributed by atoms with Gasteiger partial charge in [0.05, 0.1) is 0 Å². The topological polar surface area (TPSA) is 168 Å². The second kappa shape index (κ2) is 16.5. The van der Waals surface area contributed by atoms with E-state index in [4.69, 9.17) is 10.8 Å². The monoisotopic (exact) mass is 460 g/mol. The number of hydrogen-bond acceptors (Lipinski definition) is 7. The van der Waals surface area contributed by atoms with Gasteiger partial charge in [-0.2, -0.15) is 0 Å². The lowest BCUT2D eigenvalue weighted by molar-refractivity contribution is -0.140. The molecule has 31 heavy (non-hydrogen) atoms. The number of carbonyl (C=O) groups excluding carboxylic acids is 4. The number of carboxylic acids is 1. The fourth-order valence-corrected chi connectivity index (χ4v) is 3.14. The highest BCUT2D eigenvalue weighted by molar-refractivity contribution is 8.13. The molecule has 178 valence electrons. The Bertz CT molecular complexity index is 614. The van der Waals surface area contributed by atoms with Crippen LogP contribution in [0.5, 0.6) is 0 Å². The Morgan fingerprint density at radius 2 is 1.58 bits per heavy atom. The number of nitrogens with two attached hydrogens (primary N) is 1. The molecule has 0 rings (SSSR count). The molecular formula is C20H36N4O6S. The number of primary amides is 1. The van der Waals surface area contributed by atoms with E-state index < -0.39 is 24.0 Å². The van der Waals surface area contributed by atoms with Crippen molar-refractivity contribution >= 4 is 40.6 Å². The highest BCUT2D eigenvalue weighted by Gasteiger charge is 2.20. The van der Waals surface area contributed by atoms with Crippen LogP contribution >= 0.6 is 11.8 Å². The normalized spacial score (nSPS) is 12.8. The molecule has 0 bridgehead atoms. The van der Waals surface area contributed by atoms with Gasteiger partial charge in [-0.15, -0.1) is 0 Å². The summed E-state index contributed by atoms with van der Waals surface area (Å²) < 4.78 is 0. The predicted octanol–water partition coefficient (Wildman–Crippen LogP) is 0.534. The molecule has 11 heteroatoms. The van der Waals surface area contributed by atoms with E-state index in [-0.39, 0.29) is 42.2 Å². The molecule has 0 aromatic rings. The van der Waals surface area contributed by atoms with Gasteiger partial charge in [0.25, 0.3) is 0 Å². The third kappa shape index (κ3) is 15.3. The maximum atomic E-state index is 11.9. The zero-order valence-corrected chi connectivity index (χ0v) is 19.4. The number of aliphatic carboxylic acids is 1. The SMILES string of the molecule is CSC(=O)CCCC(=O)NC(CCCCNC(=O)CCC(NC(C)C)C(=O)O)C(N)=O. The zero-order valence-electron chi connectivity index (χ0n) is 18.6. The lowest BCUT2D eigenvalue weighted by Crippen LogP contribution is -2.44. The molecule has 0 radical (unpaired) electrons. The number of thioether (sulfide) groups is 1. The van der Waals surface area contributed by atoms with E-state index in [1.165, 1.54) is 0 Å². The Morgan fingerprint density at radius 3 is 2.13 bits per heavy atom. The standard InChI is InChI=1S/C20H36N4O6S/c1-13(2)23-15(20(29)30)10-11-16(25)22-12-5-4-7-14(19(21)28)24-17(26)8-6-9-18(27)31-3/h13-15,23H,4-12H2,1-3H3,(H2,21,28)(H,22,25)(H,24,26)(H,29,30). The summed E-state index contributed by atoms with van der Waals surface area (Å²) in [6.07, 6.45) is 4.33. The van der Waals surface area contributed by atoms with Crippen molar-refractivity contribution in [3.8, 4) is 0 Å². The smallest absolute Gasteiger partial charge is 0.320 e. The van der Waals surface area contributed by atoms with E-state index in [9.17, 15) is 24.0 Å². The summed E-state index contributed by atoms with van der Waals surface area (Å²) in [6.45, 7) is 4.05. The average molecular weight is 461 g/mol. The number of hydrogen-bond donors (Lipinski definition) is 5. The molecule has 0 saturated heterocycles. The summed E-state index contributed by atoms with van der Waals surface area (Å²) in [6, 6.07) is -1.57. The van der Waals surface area contributed by atoms with Crippen LogP contribution in [0.2, 0.25) is 0 Å². The van der Waals surface area contributed by atoms with Crippen molar-refractivity contribution < 1.29 is 29.1 Å². The van der Waals surface area contributed by atoms with Gasteiger partial charge >= 0.3 is 5.97 Å². The molecule has 0 aliphatic rings. The van der Waals surface area contributed by atoms with Gasteiger partial charge in [-0.05, 0) is 38.4 Å². The lowest BCUT2D eigenvalue weighted by Gasteiger charge is -2.17. The maximum absolute atomic E-state index is 11.9. The van der Waals surface area contributed by atoms with Crippen molar-refractivity contribution in [3.63, 3.8) is 0 Å². The molecule has 0 fully saturated rings. The molecule has 3 amide bonds. The number of carboxylic acid groups (broad SMARTS) is 1. The largest absolute Gasteiger partial charge is 0.480 e. The van der Waals surface area contributed by atoms with Gasteiger partial charge in [-0.1, -0.05) is 25.6 Å². The van der Waals surface area contributed by atoms with Crippen LogP contribution in [0.1, 0.15) is 65.2 Å². The minimum atomic E-state index is -0.989. The Morgan fingerprint density at radius 1 is 0.903 bits per heavy atom. The highest BCUT2D eigenvalue weighted by Crippen LogP contribution is 2.06. The second-order valence-corrected chi connectivity index (χ2v) is 8.41. The highest BCUT2D eigenvalue weighted by atomic mass is 32.2. The Labute approximate surface area is 187 Å². The number of unbranched alkanes of at least 4 members (excludes halogenated alkanes) is 1. The quantitative estimate of drug-likeness (QED) is 0.196. The molecule has 0 heterocycles. The first-order valence-electron chi connectivity index (χ1n) is 10.5. The summed E-state index contributed by atoms with van der Waals surface area (Å²) in [4.78, 5) is 57.7. The molecular weight excluding hydrogens is 424 g/mol. The van der Waals surface area contributed by atoms with Crippen LogP contribution in [0, 0.1) is 0 Å². The average Bonchev–Trinajstić information content (AvgIpc) is 2.69. The van der Waals surface area contributed by atoms with E-state index in [0.717, 1.165) is 11.8 Å². The summed E-state index contributed by atoms with van der Waals surface area (Å²) in [5, 5.41) is 17.4. The van der Waals surface area contributed by atoms with Gasteiger partial charge in [0.2, 0.25) is 17.7 Å². The van der Waals surface area contributed by atoms with E-state index in [1.54, 1.807) is 6.26 Å². The molecule has 0 aromatic carbocycles. The molecule has 2 atom stereocenters. The zero-order chi connectivity index (χ0) is 23.8. The van der Waals surface area contributed by atoms with Crippen LogP contribution in [0.25, 0.3) is 0 Å². The summed E-state index contributed by atoms with van der Waals surface area (Å²) >= 11 is 1.12. The molecule has 0 aliphatic carbocycles. The first-order valence-corrected chi connectivity index (χ1v) is 11.7. The first kappa shape index (κ1) is 28.9. The summed E-state index contributed by atoms with van der Waals surface area (Å²) in [7, 11) is 0. The fraction of sp³-hybridized carbons (Fsp3) is 0.750. The molecule has 10 nitrogen and oxygen atoms in total. The van der Waals surface area contributed by atoms with E-state index >= 15 is 0 Å². The van der Waals surface area contributed by atoms with E-state index in [1.807, 2.05) is 13.8 Å². The van der Waals surface area contributed by atoms with E-state index in [0.29, 0.717) is 38.6 Å². The van der Waals surface area contributed by atoms with Gasteiger partial charge in [0, 0.05) is 31.8 Å². The summed E-state index contributed by atoms with van der Waals surface area (Å²) in [5.74, 6) is -2.18. The van der Waals surface area contributed by atoms with Crippen LogP contribution in [-0.2, 0) is 24.0 Å². The van der Waals surface area contributed by atoms with Gasteiger partial charge in [-0.3, -0.25) is 24.0 Å². The molecule has 2 unspecified atom stereocenters. The van der Waals surface area contributed by atoms with Crippen LogP contribution in [0.3, 0.4) is 0 Å². The van der Waals surface area contributed by atoms with Gasteiger partial charge in [-0.25, -0.2) is 0 Å². The predicted molar refractivity (Wildman–Crippen MR) is 119 cm³/mol. The van der Waals surface area contributed by atoms with Crippen molar-refractivity contribution in [2.24, 2.45) is 5.73 Å². The number of carbonyl (C=O) groups is 5.